The molecule has 130 valence electrons. The molecule has 3 aromatic rings. The Morgan fingerprint density at radius 1 is 1.00 bits per heavy atom. The molecule has 0 spiro atoms. The first-order chi connectivity index (χ1) is 12.7. The van der Waals surface area contributed by atoms with Crippen molar-refractivity contribution in [3.8, 4) is 5.69 Å². The number of benzene rings is 2. The predicted octanol–water partition coefficient (Wildman–Crippen LogP) is 4.65. The Hall–Kier alpha value is -3.74. The molecule has 7 nitrogen and oxygen atoms in total. The maximum Gasteiger partial charge on any atom is 0.293 e. The molecule has 1 N–H and O–H groups in total. The molecule has 7 heteroatoms. The Morgan fingerprint density at radius 2 is 1.77 bits per heavy atom. The number of nitro groups is 1. The molecular weight excluding hydrogens is 334 g/mol. The number of aromatic nitrogens is 1. The molecule has 2 heterocycles. The van der Waals surface area contributed by atoms with E-state index in [9.17, 15) is 10.1 Å². The average Bonchev–Trinajstić information content (AvgIpc) is 3.36. The van der Waals surface area contributed by atoms with Crippen molar-refractivity contribution in [3.05, 3.63) is 95.2 Å². The quantitative estimate of drug-likeness (QED) is 0.536. The van der Waals surface area contributed by atoms with E-state index in [1.165, 1.54) is 18.6 Å². The van der Waals surface area contributed by atoms with Gasteiger partial charge < -0.3 is 19.4 Å². The van der Waals surface area contributed by atoms with Gasteiger partial charge in [0.05, 0.1) is 4.92 Å². The van der Waals surface area contributed by atoms with Crippen LogP contribution in [-0.4, -0.2) is 9.49 Å². The van der Waals surface area contributed by atoms with E-state index < -0.39 is 11.2 Å². The molecule has 0 unspecified atom stereocenters. The number of nitrogens with one attached hydrogen (secondary N) is 1. The minimum absolute atomic E-state index is 0.0482. The first kappa shape index (κ1) is 15.8. The van der Waals surface area contributed by atoms with Crippen LogP contribution in [0.5, 0.6) is 0 Å². The highest BCUT2D eigenvalue weighted by Gasteiger charge is 2.22. The van der Waals surface area contributed by atoms with Crippen LogP contribution in [0.15, 0.2) is 79.5 Å². The molecule has 1 aliphatic heterocycles. The van der Waals surface area contributed by atoms with Gasteiger partial charge in [0.1, 0.15) is 18.2 Å². The summed E-state index contributed by atoms with van der Waals surface area (Å²) in [7, 11) is 0. The molecule has 0 atom stereocenters. The van der Waals surface area contributed by atoms with E-state index in [1.54, 1.807) is 12.1 Å². The average molecular weight is 349 g/mol. The van der Waals surface area contributed by atoms with Gasteiger partial charge >= 0.3 is 0 Å². The Kier molecular flexibility index (Phi) is 4.03. The van der Waals surface area contributed by atoms with E-state index in [1.807, 2.05) is 53.4 Å². The third-order valence-electron chi connectivity index (χ3n) is 3.98. The van der Waals surface area contributed by atoms with Crippen LogP contribution in [0.3, 0.4) is 0 Å². The van der Waals surface area contributed by atoms with Crippen molar-refractivity contribution in [2.75, 3.05) is 5.32 Å². The van der Waals surface area contributed by atoms with Gasteiger partial charge in [0.25, 0.3) is 12.0 Å². The second kappa shape index (κ2) is 6.64. The Labute approximate surface area is 149 Å². The minimum Gasteiger partial charge on any atom is -0.455 e. The van der Waals surface area contributed by atoms with E-state index in [0.717, 1.165) is 11.4 Å². The van der Waals surface area contributed by atoms with Crippen LogP contribution in [0.4, 0.5) is 17.1 Å². The molecule has 0 aliphatic carbocycles. The van der Waals surface area contributed by atoms with Crippen LogP contribution in [0.25, 0.3) is 5.69 Å². The van der Waals surface area contributed by atoms with Gasteiger partial charge in [-0.05, 0) is 42.5 Å². The highest BCUT2D eigenvalue weighted by atomic mass is 16.7. The van der Waals surface area contributed by atoms with Crippen molar-refractivity contribution in [1.82, 2.24) is 4.57 Å². The van der Waals surface area contributed by atoms with Gasteiger partial charge in [-0.25, -0.2) is 0 Å². The summed E-state index contributed by atoms with van der Waals surface area (Å²) in [6.07, 6.45) is 6.04. The Bertz CT molecular complexity index is 959. The van der Waals surface area contributed by atoms with Gasteiger partial charge in [-0.1, -0.05) is 6.07 Å². The summed E-state index contributed by atoms with van der Waals surface area (Å²) < 4.78 is 12.4. The number of ether oxygens (including phenoxy) is 2. The zero-order chi connectivity index (χ0) is 17.9. The lowest BCUT2D eigenvalue weighted by molar-refractivity contribution is -0.384. The second-order valence-electron chi connectivity index (χ2n) is 5.68. The fourth-order valence-corrected chi connectivity index (χ4v) is 2.75. The molecule has 4 rings (SSSR count). The van der Waals surface area contributed by atoms with Gasteiger partial charge in [0.15, 0.2) is 0 Å². The Balaban J connectivity index is 1.63. The fourth-order valence-electron chi connectivity index (χ4n) is 2.75. The highest BCUT2D eigenvalue weighted by Crippen LogP contribution is 2.33. The molecule has 26 heavy (non-hydrogen) atoms. The maximum absolute atomic E-state index is 11.5. The molecular formula is C19H15N3O4. The van der Waals surface area contributed by atoms with Crippen LogP contribution in [-0.2, 0) is 9.47 Å². The zero-order valence-corrected chi connectivity index (χ0v) is 13.6. The number of anilines is 2. The molecule has 0 radical (unpaired) electrons. The molecule has 0 fully saturated rings. The van der Waals surface area contributed by atoms with Crippen LogP contribution >= 0.6 is 0 Å². The van der Waals surface area contributed by atoms with Gasteiger partial charge in [0.2, 0.25) is 0 Å². The van der Waals surface area contributed by atoms with Gasteiger partial charge in [-0.3, -0.25) is 10.1 Å². The number of nitro benzene ring substituents is 1. The van der Waals surface area contributed by atoms with E-state index in [4.69, 9.17) is 9.47 Å². The van der Waals surface area contributed by atoms with Crippen molar-refractivity contribution in [1.29, 1.82) is 0 Å². The van der Waals surface area contributed by atoms with Gasteiger partial charge in [-0.2, -0.15) is 0 Å². The second-order valence-corrected chi connectivity index (χ2v) is 5.68. The van der Waals surface area contributed by atoms with E-state index in [-0.39, 0.29) is 5.69 Å². The topological polar surface area (TPSA) is 78.6 Å². The zero-order valence-electron chi connectivity index (χ0n) is 13.6. The van der Waals surface area contributed by atoms with Crippen molar-refractivity contribution in [2.24, 2.45) is 0 Å². The molecule has 0 saturated carbocycles. The van der Waals surface area contributed by atoms with Crippen molar-refractivity contribution in [2.45, 2.75) is 6.29 Å². The predicted molar refractivity (Wildman–Crippen MR) is 96.2 cm³/mol. The fraction of sp³-hybridized carbons (Fsp3) is 0.0526. The van der Waals surface area contributed by atoms with E-state index >= 15 is 0 Å². The van der Waals surface area contributed by atoms with Crippen LogP contribution in [0.1, 0.15) is 11.9 Å². The third kappa shape index (κ3) is 3.10. The number of hydrogen-bond acceptors (Lipinski definition) is 5. The SMILES string of the molecule is O=[N+]([O-])c1cc(C2OC=CO2)ccc1Nc1cccc(-n2cccc2)c1. The number of hydrogen-bond donors (Lipinski definition) is 1. The first-order valence-corrected chi connectivity index (χ1v) is 7.95. The van der Waals surface area contributed by atoms with Crippen molar-refractivity contribution in [3.63, 3.8) is 0 Å². The highest BCUT2D eigenvalue weighted by molar-refractivity contribution is 5.71. The standard InChI is InChI=1S/C19H15N3O4/c23-22(24)18-12-14(19-25-10-11-26-19)6-7-17(18)20-15-4-3-5-16(13-15)21-8-1-2-9-21/h1-13,19-20H. The molecule has 0 bridgehead atoms. The summed E-state index contributed by atoms with van der Waals surface area (Å²) in [4.78, 5) is 11.1. The number of rotatable bonds is 5. The molecule has 1 aromatic heterocycles. The van der Waals surface area contributed by atoms with E-state index in [2.05, 4.69) is 5.32 Å². The monoisotopic (exact) mass is 349 g/mol. The summed E-state index contributed by atoms with van der Waals surface area (Å²) >= 11 is 0. The summed E-state index contributed by atoms with van der Waals surface area (Å²) in [6, 6.07) is 16.4. The smallest absolute Gasteiger partial charge is 0.293 e. The van der Waals surface area contributed by atoms with Gasteiger partial charge in [0, 0.05) is 35.4 Å². The number of nitrogens with zero attached hydrogens (tertiary/aromatic N) is 2. The third-order valence-corrected chi connectivity index (χ3v) is 3.98. The van der Waals surface area contributed by atoms with Crippen molar-refractivity contribution < 1.29 is 14.4 Å². The lowest BCUT2D eigenvalue weighted by Crippen LogP contribution is -2.02. The van der Waals surface area contributed by atoms with Crippen LogP contribution in [0, 0.1) is 10.1 Å². The van der Waals surface area contributed by atoms with Crippen molar-refractivity contribution >= 4 is 17.1 Å². The lowest BCUT2D eigenvalue weighted by Gasteiger charge is -2.13. The van der Waals surface area contributed by atoms with Gasteiger partial charge in [-0.15, -0.1) is 0 Å². The normalized spacial score (nSPS) is 13.2. The molecule has 0 saturated heterocycles. The maximum atomic E-state index is 11.5. The van der Waals surface area contributed by atoms with Crippen LogP contribution < -0.4 is 5.32 Å². The summed E-state index contributed by atoms with van der Waals surface area (Å²) in [5, 5.41) is 14.6. The minimum atomic E-state index is -0.653. The largest absolute Gasteiger partial charge is 0.455 e. The lowest BCUT2D eigenvalue weighted by atomic mass is 10.1. The van der Waals surface area contributed by atoms with Crippen LogP contribution in [0.2, 0.25) is 0 Å². The molecule has 0 amide bonds. The van der Waals surface area contributed by atoms with E-state index in [0.29, 0.717) is 11.3 Å². The first-order valence-electron chi connectivity index (χ1n) is 7.95. The molecule has 1 aliphatic rings. The molecule has 2 aromatic carbocycles. The summed E-state index contributed by atoms with van der Waals surface area (Å²) in [5.41, 5.74) is 2.64. The Morgan fingerprint density at radius 3 is 2.50 bits per heavy atom. The summed E-state index contributed by atoms with van der Waals surface area (Å²) in [5.74, 6) is 0. The summed E-state index contributed by atoms with van der Waals surface area (Å²) in [6.45, 7) is 0.